The number of amidine groups is 1. The molecule has 0 spiro atoms. The molecule has 5 nitrogen and oxygen atoms in total. The third-order valence-corrected chi connectivity index (χ3v) is 13.8. The van der Waals surface area contributed by atoms with Gasteiger partial charge in [0.15, 0.2) is 5.84 Å². The number of benzene rings is 10. The summed E-state index contributed by atoms with van der Waals surface area (Å²) in [5, 5.41) is 13.7. The average molecular weight is 846 g/mol. The fraction of sp³-hybridized carbons (Fsp3) is 0.0492. The van der Waals surface area contributed by atoms with Gasteiger partial charge >= 0.3 is 0 Å². The number of furan rings is 2. The summed E-state index contributed by atoms with van der Waals surface area (Å²) in [7, 11) is 0. The number of allylic oxidation sites excluding steroid dienone is 1. The summed E-state index contributed by atoms with van der Waals surface area (Å²) >= 11 is 0. The van der Waals surface area contributed by atoms with Gasteiger partial charge in [0.2, 0.25) is 0 Å². The second-order valence-electron chi connectivity index (χ2n) is 17.7. The molecule has 3 aromatic heterocycles. The number of hydrogen-bond acceptors (Lipinski definition) is 4. The normalized spacial score (nSPS) is 15.6. The van der Waals surface area contributed by atoms with Crippen molar-refractivity contribution in [2.45, 2.75) is 13.3 Å². The summed E-state index contributed by atoms with van der Waals surface area (Å²) in [6, 6.07) is 69.2. The van der Waals surface area contributed by atoms with E-state index in [0.29, 0.717) is 5.84 Å². The quantitative estimate of drug-likeness (QED) is 0.177. The van der Waals surface area contributed by atoms with Crippen LogP contribution < -0.4 is 0 Å². The monoisotopic (exact) mass is 845 g/mol. The van der Waals surface area contributed by atoms with Crippen molar-refractivity contribution in [2.75, 3.05) is 0 Å². The van der Waals surface area contributed by atoms with Crippen LogP contribution in [0, 0.1) is 5.92 Å². The molecule has 66 heavy (non-hydrogen) atoms. The molecule has 0 N–H and O–H groups in total. The third kappa shape index (κ3) is 5.66. The Kier molecular flexibility index (Phi) is 7.96. The lowest BCUT2D eigenvalue weighted by Gasteiger charge is -2.20. The number of aromatic nitrogens is 1. The van der Waals surface area contributed by atoms with E-state index in [-0.39, 0.29) is 5.92 Å². The van der Waals surface area contributed by atoms with Crippen molar-refractivity contribution in [1.82, 2.24) is 4.57 Å². The number of hydrogen-bond donors (Lipinski definition) is 0. The molecule has 1 aliphatic heterocycles. The number of nitrogens with zero attached hydrogens (tertiary/aromatic N) is 3. The Morgan fingerprint density at radius 3 is 1.94 bits per heavy atom. The third-order valence-electron chi connectivity index (χ3n) is 13.8. The fourth-order valence-corrected chi connectivity index (χ4v) is 10.6. The maximum absolute atomic E-state index is 7.00. The molecule has 0 aliphatic carbocycles. The number of fused-ring (bicyclic) bond motifs is 12. The molecule has 1 atom stereocenters. The van der Waals surface area contributed by atoms with Gasteiger partial charge in [0.1, 0.15) is 22.3 Å². The molecule has 1 unspecified atom stereocenters. The summed E-state index contributed by atoms with van der Waals surface area (Å²) in [4.78, 5) is 11.4. The number of aliphatic imine (C=N–C) groups is 2. The summed E-state index contributed by atoms with van der Waals surface area (Å²) < 4.78 is 16.1. The summed E-state index contributed by atoms with van der Waals surface area (Å²) in [6.45, 7) is 2.29. The molecule has 14 rings (SSSR count). The van der Waals surface area contributed by atoms with Crippen molar-refractivity contribution >= 4 is 115 Å². The number of rotatable bonds is 4. The van der Waals surface area contributed by atoms with E-state index in [2.05, 4.69) is 200 Å². The summed E-state index contributed by atoms with van der Waals surface area (Å²) in [5.74, 6) is 0.576. The zero-order valence-corrected chi connectivity index (χ0v) is 36.0. The molecular formula is C61H39N3O2. The van der Waals surface area contributed by atoms with E-state index in [4.69, 9.17) is 18.8 Å². The van der Waals surface area contributed by atoms with Gasteiger partial charge in [-0.05, 0) is 93.3 Å². The van der Waals surface area contributed by atoms with Crippen molar-refractivity contribution < 1.29 is 8.83 Å². The average Bonchev–Trinajstić information content (AvgIpc) is 4.02. The van der Waals surface area contributed by atoms with Gasteiger partial charge in [-0.3, -0.25) is 0 Å². The molecule has 0 radical (unpaired) electrons. The Morgan fingerprint density at radius 1 is 0.455 bits per heavy atom. The van der Waals surface area contributed by atoms with Gasteiger partial charge in [0.05, 0.1) is 33.7 Å². The van der Waals surface area contributed by atoms with Crippen LogP contribution >= 0.6 is 0 Å². The maximum atomic E-state index is 7.00. The minimum absolute atomic E-state index is 0.0215. The molecule has 13 aromatic rings. The van der Waals surface area contributed by atoms with Gasteiger partial charge in [0.25, 0.3) is 0 Å². The Balaban J connectivity index is 1.08. The first-order chi connectivity index (χ1) is 32.6. The lowest BCUT2D eigenvalue weighted by molar-refractivity contribution is 0.668. The molecule has 4 heterocycles. The van der Waals surface area contributed by atoms with Crippen LogP contribution in [0.15, 0.2) is 219 Å². The summed E-state index contributed by atoms with van der Waals surface area (Å²) in [5.41, 5.74) is 11.2. The van der Waals surface area contributed by atoms with E-state index in [1.54, 1.807) is 0 Å². The second-order valence-corrected chi connectivity index (χ2v) is 17.7. The van der Waals surface area contributed by atoms with Crippen molar-refractivity contribution in [2.24, 2.45) is 15.9 Å². The minimum atomic E-state index is -0.0215. The smallest absolute Gasteiger partial charge is 0.163 e. The van der Waals surface area contributed by atoms with Crippen LogP contribution in [0.4, 0.5) is 0 Å². The molecule has 10 aromatic carbocycles. The molecule has 0 saturated heterocycles. The van der Waals surface area contributed by atoms with Crippen LogP contribution in [0.3, 0.4) is 0 Å². The molecule has 310 valence electrons. The molecule has 0 saturated carbocycles. The van der Waals surface area contributed by atoms with Gasteiger partial charge in [-0.1, -0.05) is 146 Å². The van der Waals surface area contributed by atoms with Crippen LogP contribution in [-0.4, -0.2) is 16.1 Å². The highest BCUT2D eigenvalue weighted by molar-refractivity contribution is 6.26. The molecule has 0 bridgehead atoms. The highest BCUT2D eigenvalue weighted by atomic mass is 16.3. The maximum Gasteiger partial charge on any atom is 0.163 e. The Labute approximate surface area is 378 Å². The lowest BCUT2D eigenvalue weighted by atomic mass is 9.90. The molecular weight excluding hydrogens is 807 g/mol. The Morgan fingerprint density at radius 2 is 1.12 bits per heavy atom. The first-order valence-corrected chi connectivity index (χ1v) is 22.7. The van der Waals surface area contributed by atoms with Crippen LogP contribution in [0.2, 0.25) is 0 Å². The van der Waals surface area contributed by atoms with Crippen molar-refractivity contribution in [3.05, 3.63) is 217 Å². The van der Waals surface area contributed by atoms with Gasteiger partial charge in [-0.15, -0.1) is 0 Å². The van der Waals surface area contributed by atoms with Crippen LogP contribution in [0.5, 0.6) is 0 Å². The Bertz CT molecular complexity index is 4290. The highest BCUT2D eigenvalue weighted by Crippen LogP contribution is 2.42. The SMILES string of the molecule is CC1C/C=C(\c2ccc3ccccc3c2)N=C(c2cccc3c2oc2ccccc23)N=C1c1cc(-n2c3ccccc3c3cc4ccccc4cc32)cc2oc3cc4ccccc4cc3c12. The molecule has 0 fully saturated rings. The molecule has 0 amide bonds. The van der Waals surface area contributed by atoms with E-state index in [9.17, 15) is 0 Å². The van der Waals surface area contributed by atoms with Gasteiger partial charge in [-0.25, -0.2) is 9.98 Å². The van der Waals surface area contributed by atoms with E-state index in [1.807, 2.05) is 12.1 Å². The van der Waals surface area contributed by atoms with E-state index in [1.165, 1.54) is 32.3 Å². The van der Waals surface area contributed by atoms with E-state index in [0.717, 1.165) is 106 Å². The first kappa shape index (κ1) is 36.9. The van der Waals surface area contributed by atoms with Gasteiger partial charge in [0, 0.05) is 55.4 Å². The van der Waals surface area contributed by atoms with Crippen LogP contribution in [0.25, 0.3) is 109 Å². The van der Waals surface area contributed by atoms with Gasteiger partial charge in [-0.2, -0.15) is 0 Å². The zero-order chi connectivity index (χ0) is 43.5. The Hall–Kier alpha value is -8.54. The van der Waals surface area contributed by atoms with E-state index >= 15 is 0 Å². The fourth-order valence-electron chi connectivity index (χ4n) is 10.6. The lowest BCUT2D eigenvalue weighted by Crippen LogP contribution is -2.18. The minimum Gasteiger partial charge on any atom is -0.456 e. The molecule has 1 aliphatic rings. The first-order valence-electron chi connectivity index (χ1n) is 22.7. The topological polar surface area (TPSA) is 55.9 Å². The van der Waals surface area contributed by atoms with Crippen molar-refractivity contribution in [3.8, 4) is 5.69 Å². The zero-order valence-electron chi connectivity index (χ0n) is 36.0. The number of para-hydroxylation sites is 3. The van der Waals surface area contributed by atoms with E-state index < -0.39 is 0 Å². The van der Waals surface area contributed by atoms with Crippen LogP contribution in [-0.2, 0) is 0 Å². The second kappa shape index (κ2) is 14.2. The largest absolute Gasteiger partial charge is 0.456 e. The predicted molar refractivity (Wildman–Crippen MR) is 276 cm³/mol. The highest BCUT2D eigenvalue weighted by Gasteiger charge is 2.26. The summed E-state index contributed by atoms with van der Waals surface area (Å²) in [6.07, 6.45) is 3.01. The molecule has 5 heteroatoms. The standard InChI is InChI=1S/C61H39N3O2/c1-36-25-28-52(43-27-26-37-13-2-3-14-38(37)29-43)62-61(48-22-12-21-47-46-20-9-11-24-55(46)66-60(47)48)63-59(36)51-34-44(35-57-58(51)50-31-40-16-5-7-18-42(40)33-56(50)65-57)64-53-23-10-8-19-45(53)49-30-39-15-4-6-17-41(39)32-54(49)64/h2-24,26-36H,25H2,1H3/b52-28+,62-61?,63-59?. The van der Waals surface area contributed by atoms with Crippen molar-refractivity contribution in [1.29, 1.82) is 0 Å². The predicted octanol–water partition coefficient (Wildman–Crippen LogP) is 16.4. The van der Waals surface area contributed by atoms with Crippen LogP contribution in [0.1, 0.15) is 30.0 Å². The van der Waals surface area contributed by atoms with Crippen molar-refractivity contribution in [3.63, 3.8) is 0 Å². The van der Waals surface area contributed by atoms with Gasteiger partial charge < -0.3 is 13.4 Å².